The summed E-state index contributed by atoms with van der Waals surface area (Å²) in [6, 6.07) is 3.75. The Hall–Kier alpha value is -1.88. The van der Waals surface area contributed by atoms with Crippen LogP contribution in [0, 0.1) is 13.8 Å². The fourth-order valence-corrected chi connectivity index (χ4v) is 1.89. The molecule has 2 N–H and O–H groups in total. The molecule has 2 heterocycles. The predicted molar refractivity (Wildman–Crippen MR) is 69.8 cm³/mol. The predicted octanol–water partition coefficient (Wildman–Crippen LogP) is 1.90. The topological polar surface area (TPSA) is 68.2 Å². The summed E-state index contributed by atoms with van der Waals surface area (Å²) in [5.74, 6) is 2.22. The van der Waals surface area contributed by atoms with Crippen LogP contribution in [0.25, 0.3) is 0 Å². The van der Waals surface area contributed by atoms with E-state index in [-0.39, 0.29) is 0 Å². The summed E-state index contributed by atoms with van der Waals surface area (Å²) in [6.45, 7) is 5.35. The molecular formula is C13H18N4O. The molecule has 0 spiro atoms. The fourth-order valence-electron chi connectivity index (χ4n) is 1.89. The maximum Gasteiger partial charge on any atom is 0.144 e. The number of nitrogens with two attached hydrogens (primary N) is 1. The number of furan rings is 1. The first-order valence-electron chi connectivity index (χ1n) is 5.86. The van der Waals surface area contributed by atoms with E-state index in [1.165, 1.54) is 5.56 Å². The van der Waals surface area contributed by atoms with Crippen molar-refractivity contribution >= 4 is 5.82 Å². The molecule has 0 atom stereocenters. The smallest absolute Gasteiger partial charge is 0.144 e. The molecule has 5 heteroatoms. The lowest BCUT2D eigenvalue weighted by Crippen LogP contribution is -2.19. The molecule has 2 aromatic rings. The third-order valence-corrected chi connectivity index (χ3v) is 2.74. The Labute approximate surface area is 107 Å². The lowest BCUT2D eigenvalue weighted by molar-refractivity contribution is 0.308. The van der Waals surface area contributed by atoms with Gasteiger partial charge in [0.1, 0.15) is 17.4 Å². The Bertz CT molecular complexity index is 515. The second-order valence-electron chi connectivity index (χ2n) is 4.52. The largest absolute Gasteiger partial charge is 0.469 e. The molecule has 0 saturated carbocycles. The highest BCUT2D eigenvalue weighted by molar-refractivity contribution is 5.29. The zero-order valence-corrected chi connectivity index (χ0v) is 11.0. The highest BCUT2D eigenvalue weighted by Gasteiger charge is 2.08. The zero-order valence-electron chi connectivity index (χ0n) is 11.0. The van der Waals surface area contributed by atoms with E-state index in [1.807, 2.05) is 27.0 Å². The van der Waals surface area contributed by atoms with Gasteiger partial charge in [-0.25, -0.2) is 9.97 Å². The van der Waals surface area contributed by atoms with Crippen LogP contribution < -0.4 is 5.73 Å². The molecular weight excluding hydrogens is 228 g/mol. The molecule has 0 bridgehead atoms. The summed E-state index contributed by atoms with van der Waals surface area (Å²) in [4.78, 5) is 10.7. The van der Waals surface area contributed by atoms with Gasteiger partial charge < -0.3 is 10.2 Å². The maximum absolute atomic E-state index is 5.71. The molecule has 96 valence electrons. The fraction of sp³-hybridized carbons (Fsp3) is 0.385. The number of aromatic nitrogens is 2. The minimum absolute atomic E-state index is 0.519. The molecule has 2 rings (SSSR count). The molecule has 0 unspecified atom stereocenters. The molecule has 0 aliphatic rings. The maximum atomic E-state index is 5.71. The quantitative estimate of drug-likeness (QED) is 0.892. The van der Waals surface area contributed by atoms with Crippen LogP contribution in [0.1, 0.15) is 22.8 Å². The molecule has 18 heavy (non-hydrogen) atoms. The summed E-state index contributed by atoms with van der Waals surface area (Å²) in [7, 11) is 2.02. The molecule has 0 radical (unpaired) electrons. The summed E-state index contributed by atoms with van der Waals surface area (Å²) in [5.41, 5.74) is 7.78. The standard InChI is InChI=1S/C13H18N4O/c1-9-6-12(14)16-13(15-9)8-17(3)7-11-4-5-18-10(11)2/h4-6H,7-8H2,1-3H3,(H2,14,15,16). The third-order valence-electron chi connectivity index (χ3n) is 2.74. The average Bonchev–Trinajstić information content (AvgIpc) is 2.62. The van der Waals surface area contributed by atoms with Crippen molar-refractivity contribution in [3.05, 3.63) is 41.2 Å². The van der Waals surface area contributed by atoms with E-state index in [9.17, 15) is 0 Å². The van der Waals surface area contributed by atoms with Gasteiger partial charge in [-0.2, -0.15) is 0 Å². The van der Waals surface area contributed by atoms with Crippen molar-refractivity contribution in [2.24, 2.45) is 0 Å². The molecule has 0 amide bonds. The average molecular weight is 246 g/mol. The van der Waals surface area contributed by atoms with Crippen LogP contribution in [0.2, 0.25) is 0 Å². The molecule has 5 nitrogen and oxygen atoms in total. The highest BCUT2D eigenvalue weighted by Crippen LogP contribution is 2.12. The SMILES string of the molecule is Cc1cc(N)nc(CN(C)Cc2ccoc2C)n1. The van der Waals surface area contributed by atoms with Crippen LogP contribution in [-0.4, -0.2) is 21.9 Å². The van der Waals surface area contributed by atoms with Crippen molar-refractivity contribution in [3.63, 3.8) is 0 Å². The number of nitrogens with zero attached hydrogens (tertiary/aromatic N) is 3. The highest BCUT2D eigenvalue weighted by atomic mass is 16.3. The number of anilines is 1. The summed E-state index contributed by atoms with van der Waals surface area (Å²) < 4.78 is 5.28. The van der Waals surface area contributed by atoms with E-state index >= 15 is 0 Å². The van der Waals surface area contributed by atoms with E-state index in [0.717, 1.165) is 23.8 Å². The second-order valence-corrected chi connectivity index (χ2v) is 4.52. The van der Waals surface area contributed by atoms with Gasteiger partial charge in [-0.15, -0.1) is 0 Å². The number of aryl methyl sites for hydroxylation is 2. The normalized spacial score (nSPS) is 11.1. The number of hydrogen-bond donors (Lipinski definition) is 1. The van der Waals surface area contributed by atoms with Gasteiger partial charge in [0.15, 0.2) is 0 Å². The summed E-state index contributed by atoms with van der Waals surface area (Å²) in [6.07, 6.45) is 1.71. The minimum Gasteiger partial charge on any atom is -0.469 e. The first-order chi connectivity index (χ1) is 8.54. The van der Waals surface area contributed by atoms with E-state index < -0.39 is 0 Å². The Morgan fingerprint density at radius 3 is 2.67 bits per heavy atom. The van der Waals surface area contributed by atoms with Crippen LogP contribution >= 0.6 is 0 Å². The van der Waals surface area contributed by atoms with Gasteiger partial charge in [0.2, 0.25) is 0 Å². The first-order valence-corrected chi connectivity index (χ1v) is 5.86. The monoisotopic (exact) mass is 246 g/mol. The van der Waals surface area contributed by atoms with Crippen molar-refractivity contribution in [3.8, 4) is 0 Å². The lowest BCUT2D eigenvalue weighted by Gasteiger charge is -2.15. The van der Waals surface area contributed by atoms with Crippen molar-refractivity contribution in [2.75, 3.05) is 12.8 Å². The van der Waals surface area contributed by atoms with Gasteiger partial charge in [0, 0.05) is 23.9 Å². The van der Waals surface area contributed by atoms with Crippen molar-refractivity contribution in [1.82, 2.24) is 14.9 Å². The van der Waals surface area contributed by atoms with Gasteiger partial charge >= 0.3 is 0 Å². The molecule has 0 aliphatic heterocycles. The number of hydrogen-bond acceptors (Lipinski definition) is 5. The summed E-state index contributed by atoms with van der Waals surface area (Å²) >= 11 is 0. The van der Waals surface area contributed by atoms with Crippen molar-refractivity contribution in [2.45, 2.75) is 26.9 Å². The second kappa shape index (κ2) is 5.18. The molecule has 0 saturated heterocycles. The van der Waals surface area contributed by atoms with Crippen LogP contribution in [0.15, 0.2) is 22.8 Å². The van der Waals surface area contributed by atoms with E-state index in [1.54, 1.807) is 12.3 Å². The molecule has 2 aromatic heterocycles. The number of nitrogen functional groups attached to an aromatic ring is 1. The van der Waals surface area contributed by atoms with E-state index in [2.05, 4.69) is 14.9 Å². The van der Waals surface area contributed by atoms with Crippen molar-refractivity contribution in [1.29, 1.82) is 0 Å². The van der Waals surface area contributed by atoms with Gasteiger partial charge in [-0.1, -0.05) is 0 Å². The van der Waals surface area contributed by atoms with Crippen LogP contribution in [0.4, 0.5) is 5.82 Å². The Kier molecular flexibility index (Phi) is 3.62. The first kappa shape index (κ1) is 12.6. The Morgan fingerprint density at radius 2 is 2.06 bits per heavy atom. The molecule has 0 aromatic carbocycles. The third kappa shape index (κ3) is 3.07. The minimum atomic E-state index is 0.519. The van der Waals surface area contributed by atoms with Gasteiger partial charge in [-0.05, 0) is 27.0 Å². The Balaban J connectivity index is 2.03. The van der Waals surface area contributed by atoms with Crippen LogP contribution in [-0.2, 0) is 13.1 Å². The lowest BCUT2D eigenvalue weighted by atomic mass is 10.2. The van der Waals surface area contributed by atoms with Gasteiger partial charge in [0.05, 0.1) is 12.8 Å². The zero-order chi connectivity index (χ0) is 13.1. The van der Waals surface area contributed by atoms with E-state index in [4.69, 9.17) is 10.2 Å². The van der Waals surface area contributed by atoms with Gasteiger partial charge in [0.25, 0.3) is 0 Å². The van der Waals surface area contributed by atoms with Crippen LogP contribution in [0.5, 0.6) is 0 Å². The van der Waals surface area contributed by atoms with Gasteiger partial charge in [-0.3, -0.25) is 4.90 Å². The van der Waals surface area contributed by atoms with Crippen LogP contribution in [0.3, 0.4) is 0 Å². The summed E-state index contributed by atoms with van der Waals surface area (Å²) in [5, 5.41) is 0. The number of rotatable bonds is 4. The van der Waals surface area contributed by atoms with Crippen molar-refractivity contribution < 1.29 is 4.42 Å². The molecule has 0 fully saturated rings. The van der Waals surface area contributed by atoms with E-state index in [0.29, 0.717) is 12.4 Å². The molecule has 0 aliphatic carbocycles. The Morgan fingerprint density at radius 1 is 1.28 bits per heavy atom.